The zero-order chi connectivity index (χ0) is 12.7. The fraction of sp³-hybridized carbons (Fsp3) is 0.643. The van der Waals surface area contributed by atoms with Crippen molar-refractivity contribution >= 4 is 0 Å². The maximum Gasteiger partial charge on any atom is 0.0665 e. The highest BCUT2D eigenvalue weighted by atomic mass is 16.5. The predicted molar refractivity (Wildman–Crippen MR) is 71.1 cm³/mol. The molecule has 0 fully saturated rings. The van der Waals surface area contributed by atoms with E-state index < -0.39 is 0 Å². The molecule has 1 heterocycles. The highest BCUT2D eigenvalue weighted by Crippen LogP contribution is 2.18. The second-order valence-electron chi connectivity index (χ2n) is 4.42. The van der Waals surface area contributed by atoms with Gasteiger partial charge in [-0.2, -0.15) is 0 Å². The lowest BCUT2D eigenvalue weighted by Crippen LogP contribution is -2.27. The van der Waals surface area contributed by atoms with E-state index in [9.17, 15) is 0 Å². The van der Waals surface area contributed by atoms with E-state index in [0.717, 1.165) is 13.0 Å². The Hall–Kier alpha value is -0.930. The number of hydrogen-bond acceptors (Lipinski definition) is 3. The van der Waals surface area contributed by atoms with Crippen molar-refractivity contribution in [1.82, 2.24) is 10.3 Å². The molecular formula is C14H24N2O. The number of ether oxygens (including phenoxy) is 1. The largest absolute Gasteiger partial charge is 0.377 e. The summed E-state index contributed by atoms with van der Waals surface area (Å²) >= 11 is 0. The minimum atomic E-state index is 0.264. The highest BCUT2D eigenvalue weighted by molar-refractivity contribution is 5.26. The Morgan fingerprint density at radius 1 is 1.35 bits per heavy atom. The SMILES string of the molecule is CCNC(COC(C)C)c1ccncc1CC. The number of aryl methyl sites for hydroxylation is 1. The van der Waals surface area contributed by atoms with E-state index in [1.54, 1.807) is 0 Å². The van der Waals surface area contributed by atoms with Crippen molar-refractivity contribution < 1.29 is 4.74 Å². The van der Waals surface area contributed by atoms with E-state index in [1.165, 1.54) is 11.1 Å². The Kier molecular flexibility index (Phi) is 6.16. The molecule has 1 aromatic rings. The third-order valence-corrected chi connectivity index (χ3v) is 2.74. The monoisotopic (exact) mass is 236 g/mol. The van der Waals surface area contributed by atoms with Crippen LogP contribution >= 0.6 is 0 Å². The summed E-state index contributed by atoms with van der Waals surface area (Å²) in [6.45, 7) is 10.1. The molecule has 0 aliphatic heterocycles. The van der Waals surface area contributed by atoms with Gasteiger partial charge in [-0.1, -0.05) is 13.8 Å². The van der Waals surface area contributed by atoms with Crippen molar-refractivity contribution in [3.63, 3.8) is 0 Å². The van der Waals surface area contributed by atoms with Gasteiger partial charge in [0.2, 0.25) is 0 Å². The van der Waals surface area contributed by atoms with Gasteiger partial charge in [0.25, 0.3) is 0 Å². The molecule has 0 saturated heterocycles. The van der Waals surface area contributed by atoms with Crippen LogP contribution in [0.4, 0.5) is 0 Å². The van der Waals surface area contributed by atoms with Crippen LogP contribution in [0.15, 0.2) is 18.5 Å². The molecule has 96 valence electrons. The van der Waals surface area contributed by atoms with Gasteiger partial charge in [0.05, 0.1) is 18.8 Å². The van der Waals surface area contributed by atoms with Crippen LogP contribution < -0.4 is 5.32 Å². The number of hydrogen-bond donors (Lipinski definition) is 1. The lowest BCUT2D eigenvalue weighted by Gasteiger charge is -2.22. The summed E-state index contributed by atoms with van der Waals surface area (Å²) in [5.74, 6) is 0. The molecule has 0 amide bonds. The van der Waals surface area contributed by atoms with Gasteiger partial charge in [-0.25, -0.2) is 0 Å². The summed E-state index contributed by atoms with van der Waals surface area (Å²) in [4.78, 5) is 4.19. The maximum absolute atomic E-state index is 5.73. The standard InChI is InChI=1S/C14H24N2O/c1-5-12-9-15-8-7-13(12)14(16-6-2)10-17-11(3)4/h7-9,11,14,16H,5-6,10H2,1-4H3. The van der Waals surface area contributed by atoms with E-state index in [1.807, 2.05) is 12.4 Å². The number of nitrogens with one attached hydrogen (secondary N) is 1. The van der Waals surface area contributed by atoms with Crippen LogP contribution in [-0.4, -0.2) is 24.2 Å². The van der Waals surface area contributed by atoms with Crippen LogP contribution in [0.3, 0.4) is 0 Å². The fourth-order valence-corrected chi connectivity index (χ4v) is 1.87. The molecule has 0 aliphatic rings. The molecule has 1 aromatic heterocycles. The Bertz CT molecular complexity index is 326. The van der Waals surface area contributed by atoms with E-state index in [4.69, 9.17) is 4.74 Å². The summed E-state index contributed by atoms with van der Waals surface area (Å²) in [7, 11) is 0. The minimum Gasteiger partial charge on any atom is -0.377 e. The van der Waals surface area contributed by atoms with Gasteiger partial charge in [0.1, 0.15) is 0 Å². The second kappa shape index (κ2) is 7.41. The normalized spacial score (nSPS) is 13.0. The van der Waals surface area contributed by atoms with Crippen LogP contribution in [0.1, 0.15) is 44.9 Å². The molecular weight excluding hydrogens is 212 g/mol. The Morgan fingerprint density at radius 3 is 2.71 bits per heavy atom. The second-order valence-corrected chi connectivity index (χ2v) is 4.42. The molecule has 1 N–H and O–H groups in total. The number of rotatable bonds is 7. The van der Waals surface area contributed by atoms with Crippen LogP contribution in [0.2, 0.25) is 0 Å². The molecule has 1 atom stereocenters. The molecule has 0 spiro atoms. The smallest absolute Gasteiger partial charge is 0.0665 e. The summed E-state index contributed by atoms with van der Waals surface area (Å²) in [5, 5.41) is 3.48. The molecule has 0 saturated carbocycles. The first kappa shape index (κ1) is 14.1. The molecule has 1 unspecified atom stereocenters. The molecule has 0 aliphatic carbocycles. The minimum absolute atomic E-state index is 0.264. The van der Waals surface area contributed by atoms with E-state index >= 15 is 0 Å². The number of aromatic nitrogens is 1. The van der Waals surface area contributed by atoms with Gasteiger partial charge < -0.3 is 10.1 Å². The van der Waals surface area contributed by atoms with Crippen molar-refractivity contribution in [1.29, 1.82) is 0 Å². The first-order valence-corrected chi connectivity index (χ1v) is 6.46. The third kappa shape index (κ3) is 4.44. The first-order chi connectivity index (χ1) is 8.19. The molecule has 3 heteroatoms. The molecule has 0 radical (unpaired) electrons. The molecule has 0 aromatic carbocycles. The van der Waals surface area contributed by atoms with Crippen LogP contribution in [0.5, 0.6) is 0 Å². The van der Waals surface area contributed by atoms with E-state index in [-0.39, 0.29) is 12.1 Å². The van der Waals surface area contributed by atoms with Crippen molar-refractivity contribution in [2.24, 2.45) is 0 Å². The van der Waals surface area contributed by atoms with Crippen molar-refractivity contribution in [2.45, 2.75) is 46.3 Å². The average molecular weight is 236 g/mol. The summed E-state index contributed by atoms with van der Waals surface area (Å²) in [6.07, 6.45) is 5.08. The van der Waals surface area contributed by atoms with Crippen molar-refractivity contribution in [3.8, 4) is 0 Å². The van der Waals surface area contributed by atoms with Crippen LogP contribution in [-0.2, 0) is 11.2 Å². The molecule has 3 nitrogen and oxygen atoms in total. The quantitative estimate of drug-likeness (QED) is 0.790. The highest BCUT2D eigenvalue weighted by Gasteiger charge is 2.14. The number of pyridine rings is 1. The molecule has 0 bridgehead atoms. The fourth-order valence-electron chi connectivity index (χ4n) is 1.87. The van der Waals surface area contributed by atoms with Gasteiger partial charge in [-0.15, -0.1) is 0 Å². The zero-order valence-corrected chi connectivity index (χ0v) is 11.4. The Morgan fingerprint density at radius 2 is 2.12 bits per heavy atom. The lowest BCUT2D eigenvalue weighted by molar-refractivity contribution is 0.0612. The van der Waals surface area contributed by atoms with Crippen molar-refractivity contribution in [2.75, 3.05) is 13.2 Å². The van der Waals surface area contributed by atoms with Gasteiger partial charge in [0.15, 0.2) is 0 Å². The topological polar surface area (TPSA) is 34.1 Å². The molecule has 1 rings (SSSR count). The van der Waals surface area contributed by atoms with Gasteiger partial charge in [-0.3, -0.25) is 4.98 Å². The predicted octanol–water partition coefficient (Wildman–Crippen LogP) is 2.72. The Balaban J connectivity index is 2.80. The van der Waals surface area contributed by atoms with E-state index in [2.05, 4.69) is 44.1 Å². The van der Waals surface area contributed by atoms with Crippen molar-refractivity contribution in [3.05, 3.63) is 29.6 Å². The summed E-state index contributed by atoms with van der Waals surface area (Å²) in [6, 6.07) is 2.36. The van der Waals surface area contributed by atoms with Gasteiger partial charge >= 0.3 is 0 Å². The summed E-state index contributed by atoms with van der Waals surface area (Å²) in [5.41, 5.74) is 2.61. The maximum atomic E-state index is 5.73. The lowest BCUT2D eigenvalue weighted by atomic mass is 10.0. The van der Waals surface area contributed by atoms with E-state index in [0.29, 0.717) is 6.61 Å². The third-order valence-electron chi connectivity index (χ3n) is 2.74. The van der Waals surface area contributed by atoms with Gasteiger partial charge in [-0.05, 0) is 44.0 Å². The first-order valence-electron chi connectivity index (χ1n) is 6.46. The van der Waals surface area contributed by atoms with Crippen LogP contribution in [0, 0.1) is 0 Å². The van der Waals surface area contributed by atoms with Crippen LogP contribution in [0.25, 0.3) is 0 Å². The Labute approximate surface area is 105 Å². The van der Waals surface area contributed by atoms with Gasteiger partial charge in [0, 0.05) is 12.4 Å². The number of nitrogens with zero attached hydrogens (tertiary/aromatic N) is 1. The number of likely N-dealkylation sites (N-methyl/N-ethyl adjacent to an activating group) is 1. The average Bonchev–Trinajstić information content (AvgIpc) is 2.34. The zero-order valence-electron chi connectivity index (χ0n) is 11.4. The summed E-state index contributed by atoms with van der Waals surface area (Å²) < 4.78 is 5.73. The molecule has 17 heavy (non-hydrogen) atoms.